The Bertz CT molecular complexity index is 694. The third-order valence-corrected chi connectivity index (χ3v) is 5.29. The molecule has 162 valence electrons. The Balaban J connectivity index is 0.000000257. The predicted octanol–water partition coefficient (Wildman–Crippen LogP) is 0.930. The number of carboxylic acid groups (broad SMARTS) is 2. The van der Waals surface area contributed by atoms with E-state index in [0.29, 0.717) is 11.1 Å². The molecule has 1 saturated heterocycles. The molecule has 1 aliphatic heterocycles. The van der Waals surface area contributed by atoms with E-state index in [9.17, 15) is 14.0 Å². The van der Waals surface area contributed by atoms with E-state index in [1.54, 1.807) is 0 Å². The maximum absolute atomic E-state index is 13.1. The van der Waals surface area contributed by atoms with Crippen molar-refractivity contribution in [2.45, 2.75) is 44.1 Å². The molecule has 29 heavy (non-hydrogen) atoms. The number of halogens is 2. The molecule has 2 aliphatic rings. The second-order valence-corrected chi connectivity index (χ2v) is 7.73. The molecule has 1 heterocycles. The summed E-state index contributed by atoms with van der Waals surface area (Å²) in [5.74, 6) is -2.94. The zero-order valence-corrected chi connectivity index (χ0v) is 16.6. The molecule has 0 amide bonds. The van der Waals surface area contributed by atoms with Gasteiger partial charge in [0.1, 0.15) is 5.82 Å². The van der Waals surface area contributed by atoms with Crippen molar-refractivity contribution in [3.63, 3.8) is 0 Å². The summed E-state index contributed by atoms with van der Waals surface area (Å²) in [7, 11) is 0. The van der Waals surface area contributed by atoms with Crippen LogP contribution in [0.2, 0.25) is 5.02 Å². The Hall–Kier alpha value is -1.78. The number of nitrogens with one attached hydrogen (secondary N) is 1. The van der Waals surface area contributed by atoms with E-state index in [1.807, 2.05) is 6.07 Å². The van der Waals surface area contributed by atoms with E-state index in [-0.39, 0.29) is 5.82 Å². The molecule has 3 atom stereocenters. The van der Waals surface area contributed by atoms with Crippen LogP contribution in [0.4, 0.5) is 4.39 Å². The van der Waals surface area contributed by atoms with Gasteiger partial charge in [-0.15, -0.1) is 0 Å². The molecule has 10 heteroatoms. The molecule has 0 bridgehead atoms. The van der Waals surface area contributed by atoms with Gasteiger partial charge in [-0.3, -0.25) is 4.90 Å². The molecule has 5 N–H and O–H groups in total. The van der Waals surface area contributed by atoms with Crippen molar-refractivity contribution in [2.24, 2.45) is 5.92 Å². The van der Waals surface area contributed by atoms with E-state index in [4.69, 9.17) is 32.0 Å². The highest BCUT2D eigenvalue weighted by Gasteiger charge is 2.30. The van der Waals surface area contributed by atoms with Crippen LogP contribution in [0.5, 0.6) is 0 Å². The molecule has 1 aliphatic carbocycles. The number of benzene rings is 1. The number of nitrogens with zero attached hydrogens (tertiary/aromatic N) is 1. The predicted molar refractivity (Wildman–Crippen MR) is 103 cm³/mol. The zero-order valence-electron chi connectivity index (χ0n) is 15.8. The number of carbonyl (C=O) groups is 2. The van der Waals surface area contributed by atoms with Gasteiger partial charge < -0.3 is 25.7 Å². The fraction of sp³-hybridized carbons (Fsp3) is 0.579. The van der Waals surface area contributed by atoms with Crippen molar-refractivity contribution in [3.05, 3.63) is 34.6 Å². The van der Waals surface area contributed by atoms with Crippen LogP contribution in [0.3, 0.4) is 0 Å². The van der Waals surface area contributed by atoms with Crippen LogP contribution < -0.4 is 5.32 Å². The first-order valence-electron chi connectivity index (χ1n) is 9.39. The van der Waals surface area contributed by atoms with Crippen LogP contribution in [0.25, 0.3) is 0 Å². The lowest BCUT2D eigenvalue weighted by Gasteiger charge is -2.28. The van der Waals surface area contributed by atoms with Gasteiger partial charge >= 0.3 is 11.9 Å². The second-order valence-electron chi connectivity index (χ2n) is 7.32. The summed E-state index contributed by atoms with van der Waals surface area (Å²) in [6.45, 7) is 4.15. The van der Waals surface area contributed by atoms with Crippen molar-refractivity contribution in [1.29, 1.82) is 0 Å². The van der Waals surface area contributed by atoms with E-state index in [2.05, 4.69) is 10.2 Å². The summed E-state index contributed by atoms with van der Waals surface area (Å²) in [5.41, 5.74) is 1.04. The van der Waals surface area contributed by atoms with Crippen LogP contribution in [0, 0.1) is 11.7 Å². The molecular weight excluding hydrogens is 407 g/mol. The van der Waals surface area contributed by atoms with Gasteiger partial charge in [0.15, 0.2) is 12.2 Å². The Labute approximate surface area is 172 Å². The largest absolute Gasteiger partial charge is 0.479 e. The average molecular weight is 433 g/mol. The minimum absolute atomic E-state index is 0.259. The van der Waals surface area contributed by atoms with Gasteiger partial charge in [0, 0.05) is 30.7 Å². The molecule has 1 saturated carbocycles. The molecule has 1 aromatic carbocycles. The topological polar surface area (TPSA) is 130 Å². The Morgan fingerprint density at radius 3 is 2.24 bits per heavy atom. The highest BCUT2D eigenvalue weighted by Crippen LogP contribution is 2.32. The summed E-state index contributed by atoms with van der Waals surface area (Å²) in [5, 5.41) is 36.5. The lowest BCUT2D eigenvalue weighted by molar-refractivity contribution is -0.165. The third kappa shape index (κ3) is 7.52. The van der Waals surface area contributed by atoms with Crippen LogP contribution >= 0.6 is 11.6 Å². The number of carboxylic acids is 2. The van der Waals surface area contributed by atoms with Crippen molar-refractivity contribution in [3.8, 4) is 0 Å². The van der Waals surface area contributed by atoms with Gasteiger partial charge in [-0.2, -0.15) is 0 Å². The van der Waals surface area contributed by atoms with Gasteiger partial charge in [-0.05, 0) is 49.4 Å². The molecule has 2 unspecified atom stereocenters. The molecule has 8 nitrogen and oxygen atoms in total. The van der Waals surface area contributed by atoms with Gasteiger partial charge in [-0.25, -0.2) is 14.0 Å². The number of aliphatic carboxylic acids is 2. The lowest BCUT2D eigenvalue weighted by atomic mass is 10.1. The molecule has 1 aromatic rings. The first-order chi connectivity index (χ1) is 13.7. The number of rotatable bonds is 8. The van der Waals surface area contributed by atoms with Crippen molar-refractivity contribution < 1.29 is 34.4 Å². The summed E-state index contributed by atoms with van der Waals surface area (Å²) >= 11 is 6.15. The zero-order chi connectivity index (χ0) is 21.6. The smallest absolute Gasteiger partial charge is 0.335 e. The maximum Gasteiger partial charge on any atom is 0.335 e. The standard InChI is InChI=1S/C15H20ClFN2.C4H6O6/c16-15-7-13(17)4-3-12(15)10-19(9-11-1-2-11)14-5-6-18-8-14;5-1(3(7)8)2(6)4(9)10/h3-4,7,11,14,18H,1-2,5-6,8-10H2;1-2,5-6H,(H,7,8)(H,9,10)/t14-;/m0./s1. The van der Waals surface area contributed by atoms with Crippen molar-refractivity contribution in [2.75, 3.05) is 19.6 Å². The second kappa shape index (κ2) is 10.8. The monoisotopic (exact) mass is 432 g/mol. The number of aliphatic hydroxyl groups is 2. The molecule has 0 spiro atoms. The Morgan fingerprint density at radius 1 is 1.17 bits per heavy atom. The number of hydrogen-bond donors (Lipinski definition) is 5. The highest BCUT2D eigenvalue weighted by molar-refractivity contribution is 6.31. The lowest BCUT2D eigenvalue weighted by Crippen LogP contribution is -2.39. The normalized spacial score (nSPS) is 20.7. The summed E-state index contributed by atoms with van der Waals surface area (Å²) < 4.78 is 13.1. The summed E-state index contributed by atoms with van der Waals surface area (Å²) in [4.78, 5) is 22.1. The minimum Gasteiger partial charge on any atom is -0.479 e. The first kappa shape index (κ1) is 23.5. The number of hydrogen-bond acceptors (Lipinski definition) is 6. The van der Waals surface area contributed by atoms with Crippen molar-refractivity contribution >= 4 is 23.5 Å². The van der Waals surface area contributed by atoms with Crippen LogP contribution in [-0.2, 0) is 16.1 Å². The highest BCUT2D eigenvalue weighted by atomic mass is 35.5. The summed E-state index contributed by atoms with van der Waals surface area (Å²) in [6, 6.07) is 5.34. The maximum atomic E-state index is 13.1. The van der Waals surface area contributed by atoms with Gasteiger partial charge in [0.05, 0.1) is 0 Å². The average Bonchev–Trinajstić information content (AvgIpc) is 3.31. The first-order valence-corrected chi connectivity index (χ1v) is 9.77. The molecule has 2 fully saturated rings. The summed E-state index contributed by atoms with van der Waals surface area (Å²) in [6.07, 6.45) is -0.623. The van der Waals surface area contributed by atoms with E-state index in [0.717, 1.165) is 37.7 Å². The molecule has 0 aromatic heterocycles. The van der Waals surface area contributed by atoms with Crippen LogP contribution in [0.15, 0.2) is 18.2 Å². The Morgan fingerprint density at radius 2 is 1.79 bits per heavy atom. The van der Waals surface area contributed by atoms with Gasteiger partial charge in [0.2, 0.25) is 0 Å². The molecule has 3 rings (SSSR count). The van der Waals surface area contributed by atoms with Crippen LogP contribution in [0.1, 0.15) is 24.8 Å². The quantitative estimate of drug-likeness (QED) is 0.410. The fourth-order valence-electron chi connectivity index (χ4n) is 3.06. The fourth-order valence-corrected chi connectivity index (χ4v) is 3.29. The van der Waals surface area contributed by atoms with E-state index < -0.39 is 24.1 Å². The minimum atomic E-state index is -2.27. The molecule has 0 radical (unpaired) electrons. The van der Waals surface area contributed by atoms with Gasteiger partial charge in [0.25, 0.3) is 0 Å². The third-order valence-electron chi connectivity index (χ3n) is 4.93. The van der Waals surface area contributed by atoms with E-state index in [1.165, 1.54) is 31.4 Å². The van der Waals surface area contributed by atoms with Gasteiger partial charge in [-0.1, -0.05) is 17.7 Å². The molecular formula is C19H26ClFN2O6. The van der Waals surface area contributed by atoms with Crippen LogP contribution in [-0.4, -0.2) is 75.1 Å². The van der Waals surface area contributed by atoms with Crippen molar-refractivity contribution in [1.82, 2.24) is 10.2 Å². The Kier molecular flexibility index (Phi) is 8.79. The van der Waals surface area contributed by atoms with E-state index >= 15 is 0 Å². The SMILES string of the molecule is Fc1ccc(CN(CC2CC2)[C@H]2CCNC2)c(Cl)c1.O=C(O)C(O)C(O)C(=O)O. The number of aliphatic hydroxyl groups excluding tert-OH is 2.